The second kappa shape index (κ2) is 5.35. The van der Waals surface area contributed by atoms with Gasteiger partial charge in [0.25, 0.3) is 5.56 Å². The highest BCUT2D eigenvalue weighted by molar-refractivity contribution is 5.43. The number of aryl methyl sites for hydroxylation is 1. The van der Waals surface area contributed by atoms with Gasteiger partial charge in [-0.15, -0.1) is 0 Å². The molecule has 0 saturated carbocycles. The number of hydrogen-bond acceptors (Lipinski definition) is 4. The SMILES string of the molecule is Cc1nc(CCOc2cccc(N)c2)cc(=O)[nH]1. The van der Waals surface area contributed by atoms with Gasteiger partial charge in [0.05, 0.1) is 12.3 Å². The Morgan fingerprint density at radius 2 is 2.22 bits per heavy atom. The third kappa shape index (κ3) is 3.35. The van der Waals surface area contributed by atoms with Gasteiger partial charge in [-0.05, 0) is 19.1 Å². The molecule has 0 bridgehead atoms. The molecule has 0 amide bonds. The van der Waals surface area contributed by atoms with Crippen LogP contribution < -0.4 is 16.0 Å². The molecule has 0 radical (unpaired) electrons. The third-order valence-electron chi connectivity index (χ3n) is 2.40. The van der Waals surface area contributed by atoms with Crippen molar-refractivity contribution in [1.29, 1.82) is 0 Å². The highest BCUT2D eigenvalue weighted by atomic mass is 16.5. The lowest BCUT2D eigenvalue weighted by Crippen LogP contribution is -2.12. The van der Waals surface area contributed by atoms with Gasteiger partial charge >= 0.3 is 0 Å². The first-order valence-electron chi connectivity index (χ1n) is 5.69. The van der Waals surface area contributed by atoms with Crippen molar-refractivity contribution in [3.8, 4) is 5.75 Å². The monoisotopic (exact) mass is 245 g/mol. The number of rotatable bonds is 4. The Kier molecular flexibility index (Phi) is 3.62. The molecule has 1 aromatic heterocycles. The summed E-state index contributed by atoms with van der Waals surface area (Å²) in [5.74, 6) is 1.33. The number of benzene rings is 1. The molecule has 2 aromatic rings. The van der Waals surface area contributed by atoms with Crippen molar-refractivity contribution in [2.24, 2.45) is 0 Å². The summed E-state index contributed by atoms with van der Waals surface area (Å²) < 4.78 is 5.54. The van der Waals surface area contributed by atoms with Gasteiger partial charge < -0.3 is 15.5 Å². The van der Waals surface area contributed by atoms with Gasteiger partial charge in [0, 0.05) is 24.2 Å². The molecule has 5 heteroatoms. The minimum absolute atomic E-state index is 0.138. The molecule has 0 aliphatic heterocycles. The number of aromatic amines is 1. The first-order valence-corrected chi connectivity index (χ1v) is 5.69. The number of ether oxygens (including phenoxy) is 1. The number of nitrogens with zero attached hydrogens (tertiary/aromatic N) is 1. The molecule has 3 N–H and O–H groups in total. The Balaban J connectivity index is 1.94. The molecular formula is C13H15N3O2. The van der Waals surface area contributed by atoms with Crippen LogP contribution in [0.2, 0.25) is 0 Å². The zero-order chi connectivity index (χ0) is 13.0. The summed E-state index contributed by atoms with van der Waals surface area (Å²) in [6.45, 7) is 2.21. The average molecular weight is 245 g/mol. The van der Waals surface area contributed by atoms with Crippen LogP contribution in [0.4, 0.5) is 5.69 Å². The lowest BCUT2D eigenvalue weighted by molar-refractivity contribution is 0.320. The second-order valence-electron chi connectivity index (χ2n) is 3.99. The van der Waals surface area contributed by atoms with E-state index in [4.69, 9.17) is 10.5 Å². The molecule has 0 unspecified atom stereocenters. The van der Waals surface area contributed by atoms with Crippen LogP contribution in [0.15, 0.2) is 35.1 Å². The Hall–Kier alpha value is -2.30. The lowest BCUT2D eigenvalue weighted by Gasteiger charge is -2.06. The normalized spacial score (nSPS) is 10.3. The van der Waals surface area contributed by atoms with Gasteiger partial charge in [-0.25, -0.2) is 4.98 Å². The van der Waals surface area contributed by atoms with E-state index in [2.05, 4.69) is 9.97 Å². The van der Waals surface area contributed by atoms with Crippen LogP contribution in [-0.2, 0) is 6.42 Å². The van der Waals surface area contributed by atoms with Crippen LogP contribution >= 0.6 is 0 Å². The summed E-state index contributed by atoms with van der Waals surface area (Å²) >= 11 is 0. The number of nitrogens with two attached hydrogens (primary N) is 1. The van der Waals surface area contributed by atoms with E-state index in [9.17, 15) is 4.79 Å². The molecule has 1 heterocycles. The highest BCUT2D eigenvalue weighted by Crippen LogP contribution is 2.14. The second-order valence-corrected chi connectivity index (χ2v) is 3.99. The molecule has 18 heavy (non-hydrogen) atoms. The van der Waals surface area contributed by atoms with Gasteiger partial charge in [-0.3, -0.25) is 4.79 Å². The van der Waals surface area contributed by atoms with E-state index in [0.29, 0.717) is 24.5 Å². The lowest BCUT2D eigenvalue weighted by atomic mass is 10.3. The van der Waals surface area contributed by atoms with Crippen molar-refractivity contribution in [2.75, 3.05) is 12.3 Å². The van der Waals surface area contributed by atoms with E-state index >= 15 is 0 Å². The fraction of sp³-hybridized carbons (Fsp3) is 0.231. The predicted molar refractivity (Wildman–Crippen MR) is 69.6 cm³/mol. The van der Waals surface area contributed by atoms with E-state index in [1.54, 1.807) is 19.1 Å². The predicted octanol–water partition coefficient (Wildman–Crippen LogP) is 1.28. The summed E-state index contributed by atoms with van der Waals surface area (Å²) in [6.07, 6.45) is 0.583. The number of H-pyrrole nitrogens is 1. The van der Waals surface area contributed by atoms with Gasteiger partial charge in [0.1, 0.15) is 11.6 Å². The Bertz CT molecular complexity index is 593. The average Bonchev–Trinajstić information content (AvgIpc) is 2.27. The quantitative estimate of drug-likeness (QED) is 0.795. The maximum absolute atomic E-state index is 11.2. The van der Waals surface area contributed by atoms with Crippen molar-refractivity contribution < 1.29 is 4.74 Å². The molecule has 0 aliphatic rings. The van der Waals surface area contributed by atoms with Crippen LogP contribution in [0.3, 0.4) is 0 Å². The minimum atomic E-state index is -0.138. The summed E-state index contributed by atoms with van der Waals surface area (Å²) in [4.78, 5) is 18.1. The van der Waals surface area contributed by atoms with E-state index in [-0.39, 0.29) is 5.56 Å². The minimum Gasteiger partial charge on any atom is -0.493 e. The number of nitrogen functional groups attached to an aromatic ring is 1. The third-order valence-corrected chi connectivity index (χ3v) is 2.40. The molecule has 0 aliphatic carbocycles. The standard InChI is InChI=1S/C13H15N3O2/c1-9-15-11(8-13(17)16-9)5-6-18-12-4-2-3-10(14)7-12/h2-4,7-8H,5-6,14H2,1H3,(H,15,16,17). The topological polar surface area (TPSA) is 81.0 Å². The maximum Gasteiger partial charge on any atom is 0.251 e. The van der Waals surface area contributed by atoms with Crippen molar-refractivity contribution in [3.63, 3.8) is 0 Å². The Labute approximate surface area is 105 Å². The molecule has 0 fully saturated rings. The maximum atomic E-state index is 11.2. The van der Waals surface area contributed by atoms with Crippen molar-refractivity contribution in [3.05, 3.63) is 52.2 Å². The van der Waals surface area contributed by atoms with Crippen molar-refractivity contribution in [2.45, 2.75) is 13.3 Å². The fourth-order valence-electron chi connectivity index (χ4n) is 1.65. The van der Waals surface area contributed by atoms with Gasteiger partial charge in [-0.1, -0.05) is 6.07 Å². The van der Waals surface area contributed by atoms with E-state index in [1.807, 2.05) is 12.1 Å². The van der Waals surface area contributed by atoms with Gasteiger partial charge in [0.2, 0.25) is 0 Å². The van der Waals surface area contributed by atoms with Crippen LogP contribution in [0, 0.1) is 6.92 Å². The van der Waals surface area contributed by atoms with Crippen molar-refractivity contribution >= 4 is 5.69 Å². The van der Waals surface area contributed by atoms with Crippen LogP contribution in [0.25, 0.3) is 0 Å². The molecule has 2 rings (SSSR count). The summed E-state index contributed by atoms with van der Waals surface area (Å²) in [6, 6.07) is 8.72. The first-order chi connectivity index (χ1) is 8.63. The summed E-state index contributed by atoms with van der Waals surface area (Å²) in [7, 11) is 0. The zero-order valence-corrected chi connectivity index (χ0v) is 10.1. The molecule has 0 atom stereocenters. The molecular weight excluding hydrogens is 230 g/mol. The van der Waals surface area contributed by atoms with Crippen LogP contribution in [0.5, 0.6) is 5.75 Å². The number of hydrogen-bond donors (Lipinski definition) is 2. The van der Waals surface area contributed by atoms with Crippen LogP contribution in [0.1, 0.15) is 11.5 Å². The first kappa shape index (κ1) is 12.2. The summed E-state index contributed by atoms with van der Waals surface area (Å²) in [5, 5.41) is 0. The van der Waals surface area contributed by atoms with Gasteiger partial charge in [-0.2, -0.15) is 0 Å². The number of nitrogens with one attached hydrogen (secondary N) is 1. The summed E-state index contributed by atoms with van der Waals surface area (Å²) in [5.41, 5.74) is 6.89. The highest BCUT2D eigenvalue weighted by Gasteiger charge is 2.00. The van der Waals surface area contributed by atoms with E-state index in [1.165, 1.54) is 6.07 Å². The Morgan fingerprint density at radius 3 is 2.94 bits per heavy atom. The smallest absolute Gasteiger partial charge is 0.251 e. The van der Waals surface area contributed by atoms with Crippen LogP contribution in [-0.4, -0.2) is 16.6 Å². The molecule has 0 spiro atoms. The van der Waals surface area contributed by atoms with Gasteiger partial charge in [0.15, 0.2) is 0 Å². The molecule has 0 saturated heterocycles. The molecule has 94 valence electrons. The molecule has 1 aromatic carbocycles. The number of aromatic nitrogens is 2. The van der Waals surface area contributed by atoms with Crippen molar-refractivity contribution in [1.82, 2.24) is 9.97 Å². The largest absolute Gasteiger partial charge is 0.493 e. The molecule has 5 nitrogen and oxygen atoms in total. The fourth-order valence-corrected chi connectivity index (χ4v) is 1.65. The number of anilines is 1. The Morgan fingerprint density at radius 1 is 1.39 bits per heavy atom. The van der Waals surface area contributed by atoms with E-state index < -0.39 is 0 Å². The zero-order valence-electron chi connectivity index (χ0n) is 10.1. The van der Waals surface area contributed by atoms with E-state index in [0.717, 1.165) is 11.4 Å².